The van der Waals surface area contributed by atoms with Gasteiger partial charge in [-0.2, -0.15) is 12.7 Å². The van der Waals surface area contributed by atoms with Crippen LogP contribution in [0.15, 0.2) is 12.2 Å². The standard InChI is InChI=1S/C21H43NO3S/c1-3-5-6-7-8-9-10-11-12-13-14-15-16-17-18-19-21-22(20-4-2)26(23,24)25/h11-12H,3-10,13-21H2,1-2H3,(H,23,24,25). The summed E-state index contributed by atoms with van der Waals surface area (Å²) in [6.45, 7) is 5.02. The number of allylic oxidation sites excluding steroid dienone is 2. The minimum Gasteiger partial charge on any atom is -0.273 e. The summed E-state index contributed by atoms with van der Waals surface area (Å²) in [5, 5.41) is 0. The van der Waals surface area contributed by atoms with Crippen molar-refractivity contribution in [2.45, 2.75) is 110 Å². The summed E-state index contributed by atoms with van der Waals surface area (Å²) < 4.78 is 32.7. The van der Waals surface area contributed by atoms with Crippen LogP contribution in [0, 0.1) is 0 Å². The van der Waals surface area contributed by atoms with Gasteiger partial charge in [0.1, 0.15) is 0 Å². The van der Waals surface area contributed by atoms with Gasteiger partial charge in [-0.15, -0.1) is 0 Å². The molecule has 0 aromatic carbocycles. The summed E-state index contributed by atoms with van der Waals surface area (Å²) in [7, 11) is -4.02. The van der Waals surface area contributed by atoms with Gasteiger partial charge in [0.25, 0.3) is 0 Å². The van der Waals surface area contributed by atoms with Crippen molar-refractivity contribution in [3.05, 3.63) is 12.2 Å². The van der Waals surface area contributed by atoms with E-state index in [1.54, 1.807) is 0 Å². The molecule has 0 heterocycles. The van der Waals surface area contributed by atoms with Gasteiger partial charge in [-0.1, -0.05) is 83.8 Å². The van der Waals surface area contributed by atoms with E-state index < -0.39 is 10.3 Å². The number of rotatable bonds is 19. The first-order valence-corrected chi connectivity index (χ1v) is 12.3. The summed E-state index contributed by atoms with van der Waals surface area (Å²) in [6, 6.07) is 0. The van der Waals surface area contributed by atoms with Crippen LogP contribution in [0.2, 0.25) is 0 Å². The van der Waals surface area contributed by atoms with Gasteiger partial charge in [-0.3, -0.25) is 4.55 Å². The molecular formula is C21H43NO3S. The van der Waals surface area contributed by atoms with E-state index in [-0.39, 0.29) is 0 Å². The second-order valence-electron chi connectivity index (χ2n) is 7.31. The third-order valence-corrected chi connectivity index (χ3v) is 5.74. The first kappa shape index (κ1) is 25.6. The average molecular weight is 390 g/mol. The maximum atomic E-state index is 11.2. The van der Waals surface area contributed by atoms with Crippen molar-refractivity contribution in [2.75, 3.05) is 13.1 Å². The van der Waals surface area contributed by atoms with Crippen LogP contribution in [-0.2, 0) is 10.3 Å². The monoisotopic (exact) mass is 389 g/mol. The third-order valence-electron chi connectivity index (χ3n) is 4.72. The fraction of sp³-hybridized carbons (Fsp3) is 0.905. The molecular weight excluding hydrogens is 346 g/mol. The minimum atomic E-state index is -4.02. The minimum absolute atomic E-state index is 0.407. The van der Waals surface area contributed by atoms with E-state index in [9.17, 15) is 8.42 Å². The summed E-state index contributed by atoms with van der Waals surface area (Å²) >= 11 is 0. The second-order valence-corrected chi connectivity index (χ2v) is 8.73. The summed E-state index contributed by atoms with van der Waals surface area (Å²) in [5.74, 6) is 0. The van der Waals surface area contributed by atoms with E-state index in [1.165, 1.54) is 74.9 Å². The van der Waals surface area contributed by atoms with Gasteiger partial charge < -0.3 is 0 Å². The molecule has 26 heavy (non-hydrogen) atoms. The molecule has 0 radical (unpaired) electrons. The Labute approximate surface area is 163 Å². The smallest absolute Gasteiger partial charge is 0.273 e. The quantitative estimate of drug-likeness (QED) is 0.155. The summed E-state index contributed by atoms with van der Waals surface area (Å²) in [4.78, 5) is 0. The molecule has 0 atom stereocenters. The van der Waals surface area contributed by atoms with Crippen LogP contribution in [0.25, 0.3) is 0 Å². The Kier molecular flexibility index (Phi) is 17.7. The van der Waals surface area contributed by atoms with E-state index in [0.717, 1.165) is 25.7 Å². The lowest BCUT2D eigenvalue weighted by atomic mass is 10.1. The van der Waals surface area contributed by atoms with Gasteiger partial charge in [-0.05, 0) is 38.5 Å². The first-order valence-electron chi connectivity index (χ1n) is 10.9. The van der Waals surface area contributed by atoms with Gasteiger partial charge in [-0.25, -0.2) is 0 Å². The average Bonchev–Trinajstić information content (AvgIpc) is 2.59. The van der Waals surface area contributed by atoms with Crippen LogP contribution < -0.4 is 0 Å². The predicted octanol–water partition coefficient (Wildman–Crippen LogP) is 6.54. The van der Waals surface area contributed by atoms with Gasteiger partial charge in [0, 0.05) is 13.1 Å². The fourth-order valence-corrected chi connectivity index (χ4v) is 3.90. The molecule has 0 saturated heterocycles. The Morgan fingerprint density at radius 1 is 0.654 bits per heavy atom. The predicted molar refractivity (Wildman–Crippen MR) is 113 cm³/mol. The molecule has 1 N–H and O–H groups in total. The zero-order valence-corrected chi connectivity index (χ0v) is 18.1. The van der Waals surface area contributed by atoms with E-state index in [2.05, 4.69) is 19.1 Å². The Morgan fingerprint density at radius 2 is 1.12 bits per heavy atom. The number of nitrogens with zero attached hydrogens (tertiary/aromatic N) is 1. The fourth-order valence-electron chi connectivity index (χ4n) is 3.13. The lowest BCUT2D eigenvalue weighted by Gasteiger charge is -2.17. The first-order chi connectivity index (χ1) is 12.5. The van der Waals surface area contributed by atoms with Crippen molar-refractivity contribution >= 4 is 10.3 Å². The van der Waals surface area contributed by atoms with E-state index in [1.807, 2.05) is 6.92 Å². The SMILES string of the molecule is CCCCCCCCC=CCCCCCCCCN(CCC)S(=O)(=O)O. The van der Waals surface area contributed by atoms with Crippen LogP contribution in [0.5, 0.6) is 0 Å². The number of hydrogen-bond donors (Lipinski definition) is 1. The molecule has 0 aromatic heterocycles. The molecule has 5 heteroatoms. The molecule has 0 unspecified atom stereocenters. The highest BCUT2D eigenvalue weighted by atomic mass is 32.2. The van der Waals surface area contributed by atoms with Crippen LogP contribution in [0.3, 0.4) is 0 Å². The molecule has 0 rings (SSSR count). The van der Waals surface area contributed by atoms with Gasteiger partial charge in [0.2, 0.25) is 0 Å². The summed E-state index contributed by atoms with van der Waals surface area (Å²) in [6.07, 6.45) is 22.7. The van der Waals surface area contributed by atoms with Crippen LogP contribution in [0.1, 0.15) is 110 Å². The molecule has 0 bridgehead atoms. The highest BCUT2D eigenvalue weighted by Gasteiger charge is 2.16. The Morgan fingerprint density at radius 3 is 1.58 bits per heavy atom. The number of unbranched alkanes of at least 4 members (excludes halogenated alkanes) is 12. The van der Waals surface area contributed by atoms with Gasteiger partial charge in [0.15, 0.2) is 0 Å². The van der Waals surface area contributed by atoms with Crippen molar-refractivity contribution in [2.24, 2.45) is 0 Å². The maximum Gasteiger partial charge on any atom is 0.335 e. The van der Waals surface area contributed by atoms with Crippen molar-refractivity contribution in [3.8, 4) is 0 Å². The van der Waals surface area contributed by atoms with Gasteiger partial charge >= 0.3 is 10.3 Å². The highest BCUT2D eigenvalue weighted by Crippen LogP contribution is 2.11. The van der Waals surface area contributed by atoms with Crippen molar-refractivity contribution in [1.29, 1.82) is 0 Å². The topological polar surface area (TPSA) is 57.6 Å². The lowest BCUT2D eigenvalue weighted by molar-refractivity contribution is 0.343. The molecule has 0 aliphatic rings. The lowest BCUT2D eigenvalue weighted by Crippen LogP contribution is -2.32. The van der Waals surface area contributed by atoms with Gasteiger partial charge in [0.05, 0.1) is 0 Å². The molecule has 0 aromatic rings. The molecule has 0 fully saturated rings. The molecule has 0 saturated carbocycles. The second kappa shape index (κ2) is 18.0. The molecule has 4 nitrogen and oxygen atoms in total. The number of hydrogen-bond acceptors (Lipinski definition) is 2. The molecule has 0 aliphatic carbocycles. The van der Waals surface area contributed by atoms with Crippen molar-refractivity contribution in [3.63, 3.8) is 0 Å². The molecule has 0 amide bonds. The normalized spacial score (nSPS) is 12.5. The van der Waals surface area contributed by atoms with E-state index in [0.29, 0.717) is 13.1 Å². The van der Waals surface area contributed by atoms with Crippen molar-refractivity contribution < 1.29 is 13.0 Å². The van der Waals surface area contributed by atoms with Crippen LogP contribution >= 0.6 is 0 Å². The maximum absolute atomic E-state index is 11.2. The zero-order valence-electron chi connectivity index (χ0n) is 17.3. The Bertz CT molecular complexity index is 421. The largest absolute Gasteiger partial charge is 0.335 e. The zero-order chi connectivity index (χ0) is 19.5. The van der Waals surface area contributed by atoms with Crippen LogP contribution in [-0.4, -0.2) is 30.4 Å². The van der Waals surface area contributed by atoms with Crippen molar-refractivity contribution in [1.82, 2.24) is 4.31 Å². The molecule has 0 aliphatic heterocycles. The highest BCUT2D eigenvalue weighted by molar-refractivity contribution is 7.83. The third kappa shape index (κ3) is 17.0. The Hall–Kier alpha value is -0.390. The molecule has 0 spiro atoms. The van der Waals surface area contributed by atoms with E-state index >= 15 is 0 Å². The van der Waals surface area contributed by atoms with E-state index in [4.69, 9.17) is 4.55 Å². The molecule has 156 valence electrons. The summed E-state index contributed by atoms with van der Waals surface area (Å²) in [5.41, 5.74) is 0. The Balaban J connectivity index is 3.39. The van der Waals surface area contributed by atoms with Crippen LogP contribution in [0.4, 0.5) is 0 Å².